The van der Waals surface area contributed by atoms with Crippen LogP contribution in [-0.2, 0) is 14.3 Å². The van der Waals surface area contributed by atoms with Crippen molar-refractivity contribution in [1.82, 2.24) is 4.90 Å². The molecule has 5 heteroatoms. The van der Waals surface area contributed by atoms with Crippen molar-refractivity contribution >= 4 is 5.91 Å². The van der Waals surface area contributed by atoms with Crippen LogP contribution < -0.4 is 0 Å². The third-order valence-corrected chi connectivity index (χ3v) is 2.80. The molecule has 5 nitrogen and oxygen atoms in total. The number of hydrogen-bond acceptors (Lipinski definition) is 4. The van der Waals surface area contributed by atoms with Crippen LogP contribution in [0.2, 0.25) is 0 Å². The van der Waals surface area contributed by atoms with Gasteiger partial charge in [0, 0.05) is 27.3 Å². The summed E-state index contributed by atoms with van der Waals surface area (Å²) < 4.78 is 10.2. The summed E-state index contributed by atoms with van der Waals surface area (Å²) in [6, 6.07) is 0. The molecule has 0 fully saturated rings. The number of hydrogen-bond donors (Lipinski definition) is 1. The SMILES string of the molecule is CCC(C)(OC)C(=O)N(CCO)CCOC. The standard InChI is InChI=1S/C11H23NO4/c1-5-11(2,16-4)10(14)12(6-8-13)7-9-15-3/h13H,5-9H2,1-4H3. The van der Waals surface area contributed by atoms with Crippen LogP contribution in [-0.4, -0.2) is 62.0 Å². The number of carbonyl (C=O) groups excluding carboxylic acids is 1. The molecule has 0 aliphatic carbocycles. The smallest absolute Gasteiger partial charge is 0.254 e. The molecule has 1 atom stereocenters. The van der Waals surface area contributed by atoms with Crippen LogP contribution in [0.25, 0.3) is 0 Å². The molecular weight excluding hydrogens is 210 g/mol. The van der Waals surface area contributed by atoms with Crippen LogP contribution >= 0.6 is 0 Å². The van der Waals surface area contributed by atoms with E-state index in [0.717, 1.165) is 0 Å². The molecule has 0 aliphatic heterocycles. The number of aliphatic hydroxyl groups is 1. The van der Waals surface area contributed by atoms with Crippen LogP contribution in [0.4, 0.5) is 0 Å². The molecule has 1 amide bonds. The van der Waals surface area contributed by atoms with Gasteiger partial charge in [-0.15, -0.1) is 0 Å². The molecule has 0 saturated carbocycles. The average Bonchev–Trinajstić information content (AvgIpc) is 2.32. The molecule has 0 radical (unpaired) electrons. The quantitative estimate of drug-likeness (QED) is 0.653. The molecule has 16 heavy (non-hydrogen) atoms. The zero-order chi connectivity index (χ0) is 12.6. The van der Waals surface area contributed by atoms with E-state index in [0.29, 0.717) is 26.1 Å². The summed E-state index contributed by atoms with van der Waals surface area (Å²) in [6.45, 7) is 4.82. The number of rotatable bonds is 8. The highest BCUT2D eigenvalue weighted by Gasteiger charge is 2.34. The second kappa shape index (κ2) is 7.60. The van der Waals surface area contributed by atoms with Gasteiger partial charge in [0.1, 0.15) is 5.60 Å². The molecular formula is C11H23NO4. The summed E-state index contributed by atoms with van der Waals surface area (Å²) in [7, 11) is 3.10. The third kappa shape index (κ3) is 4.08. The summed E-state index contributed by atoms with van der Waals surface area (Å²) in [4.78, 5) is 13.7. The van der Waals surface area contributed by atoms with E-state index in [2.05, 4.69) is 0 Å². The molecule has 0 aromatic heterocycles. The number of ether oxygens (including phenoxy) is 2. The highest BCUT2D eigenvalue weighted by Crippen LogP contribution is 2.17. The Bertz CT molecular complexity index is 204. The Hall–Kier alpha value is -0.650. The molecule has 0 spiro atoms. The maximum atomic E-state index is 12.2. The largest absolute Gasteiger partial charge is 0.395 e. The first-order chi connectivity index (χ1) is 7.55. The van der Waals surface area contributed by atoms with Crippen LogP contribution in [0.1, 0.15) is 20.3 Å². The number of nitrogens with zero attached hydrogens (tertiary/aromatic N) is 1. The lowest BCUT2D eigenvalue weighted by molar-refractivity contribution is -0.154. The second-order valence-corrected chi connectivity index (χ2v) is 3.80. The molecule has 0 aromatic rings. The molecule has 1 N–H and O–H groups in total. The van der Waals surface area contributed by atoms with Crippen molar-refractivity contribution in [3.63, 3.8) is 0 Å². The van der Waals surface area contributed by atoms with Gasteiger partial charge in [-0.2, -0.15) is 0 Å². The van der Waals surface area contributed by atoms with Gasteiger partial charge in [-0.3, -0.25) is 4.79 Å². The Balaban J connectivity index is 4.57. The average molecular weight is 233 g/mol. The Morgan fingerprint density at radius 1 is 1.38 bits per heavy atom. The van der Waals surface area contributed by atoms with Crippen molar-refractivity contribution in [2.45, 2.75) is 25.9 Å². The molecule has 0 saturated heterocycles. The van der Waals surface area contributed by atoms with Crippen molar-refractivity contribution in [2.75, 3.05) is 40.5 Å². The molecule has 0 aliphatic rings. The van der Waals surface area contributed by atoms with Crippen molar-refractivity contribution < 1.29 is 19.4 Å². The number of methoxy groups -OCH3 is 2. The Morgan fingerprint density at radius 2 is 2.00 bits per heavy atom. The normalized spacial score (nSPS) is 14.6. The minimum absolute atomic E-state index is 0.0566. The predicted octanol–water partition coefficient (Wildman–Crippen LogP) is 0.269. The summed E-state index contributed by atoms with van der Waals surface area (Å²) in [5.41, 5.74) is -0.817. The summed E-state index contributed by atoms with van der Waals surface area (Å²) >= 11 is 0. The molecule has 0 aromatic carbocycles. The minimum atomic E-state index is -0.817. The fourth-order valence-corrected chi connectivity index (χ4v) is 1.35. The zero-order valence-corrected chi connectivity index (χ0v) is 10.7. The summed E-state index contributed by atoms with van der Waals surface area (Å²) in [5.74, 6) is -0.108. The first-order valence-electron chi connectivity index (χ1n) is 5.50. The molecule has 96 valence electrons. The summed E-state index contributed by atoms with van der Waals surface area (Å²) in [6.07, 6.45) is 0.594. The van der Waals surface area contributed by atoms with Gasteiger partial charge in [-0.05, 0) is 13.3 Å². The number of carbonyl (C=O) groups is 1. The van der Waals surface area contributed by atoms with E-state index in [1.54, 1.807) is 18.9 Å². The zero-order valence-electron chi connectivity index (χ0n) is 10.7. The van der Waals surface area contributed by atoms with E-state index in [4.69, 9.17) is 14.6 Å². The predicted molar refractivity (Wildman–Crippen MR) is 61.2 cm³/mol. The van der Waals surface area contributed by atoms with Gasteiger partial charge in [-0.25, -0.2) is 0 Å². The fourth-order valence-electron chi connectivity index (χ4n) is 1.35. The van der Waals surface area contributed by atoms with Gasteiger partial charge in [0.15, 0.2) is 0 Å². The van der Waals surface area contributed by atoms with Crippen molar-refractivity contribution in [1.29, 1.82) is 0 Å². The van der Waals surface area contributed by atoms with E-state index >= 15 is 0 Å². The molecule has 0 rings (SSSR count). The first-order valence-corrected chi connectivity index (χ1v) is 5.50. The third-order valence-electron chi connectivity index (χ3n) is 2.80. The van der Waals surface area contributed by atoms with Crippen molar-refractivity contribution in [3.05, 3.63) is 0 Å². The molecule has 1 unspecified atom stereocenters. The Labute approximate surface area is 97.3 Å². The molecule has 0 heterocycles. The van der Waals surface area contributed by atoms with Crippen molar-refractivity contribution in [2.24, 2.45) is 0 Å². The maximum Gasteiger partial charge on any atom is 0.254 e. The van der Waals surface area contributed by atoms with Gasteiger partial charge in [0.25, 0.3) is 5.91 Å². The van der Waals surface area contributed by atoms with Gasteiger partial charge in [-0.1, -0.05) is 6.92 Å². The fraction of sp³-hybridized carbons (Fsp3) is 0.909. The highest BCUT2D eigenvalue weighted by atomic mass is 16.5. The minimum Gasteiger partial charge on any atom is -0.395 e. The van der Waals surface area contributed by atoms with Crippen LogP contribution in [0.5, 0.6) is 0 Å². The van der Waals surface area contributed by atoms with E-state index in [-0.39, 0.29) is 12.5 Å². The Morgan fingerprint density at radius 3 is 2.38 bits per heavy atom. The topological polar surface area (TPSA) is 59.0 Å². The lowest BCUT2D eigenvalue weighted by Gasteiger charge is -2.32. The van der Waals surface area contributed by atoms with Gasteiger partial charge in [0.2, 0.25) is 0 Å². The lowest BCUT2D eigenvalue weighted by Crippen LogP contribution is -2.49. The van der Waals surface area contributed by atoms with Crippen molar-refractivity contribution in [3.8, 4) is 0 Å². The Kier molecular flexibility index (Phi) is 7.29. The van der Waals surface area contributed by atoms with E-state index < -0.39 is 5.60 Å². The van der Waals surface area contributed by atoms with Gasteiger partial charge < -0.3 is 19.5 Å². The highest BCUT2D eigenvalue weighted by molar-refractivity contribution is 5.84. The molecule has 0 bridgehead atoms. The van der Waals surface area contributed by atoms with Crippen LogP contribution in [0, 0.1) is 0 Å². The first kappa shape index (κ1) is 15.3. The van der Waals surface area contributed by atoms with E-state index in [1.165, 1.54) is 7.11 Å². The second-order valence-electron chi connectivity index (χ2n) is 3.80. The van der Waals surface area contributed by atoms with E-state index in [1.807, 2.05) is 6.92 Å². The van der Waals surface area contributed by atoms with Gasteiger partial charge >= 0.3 is 0 Å². The monoisotopic (exact) mass is 233 g/mol. The van der Waals surface area contributed by atoms with Gasteiger partial charge in [0.05, 0.1) is 13.2 Å². The van der Waals surface area contributed by atoms with Crippen LogP contribution in [0.3, 0.4) is 0 Å². The number of amides is 1. The lowest BCUT2D eigenvalue weighted by atomic mass is 10.0. The number of aliphatic hydroxyl groups excluding tert-OH is 1. The van der Waals surface area contributed by atoms with Crippen LogP contribution in [0.15, 0.2) is 0 Å². The maximum absolute atomic E-state index is 12.2. The van der Waals surface area contributed by atoms with E-state index in [9.17, 15) is 4.79 Å². The summed E-state index contributed by atoms with van der Waals surface area (Å²) in [5, 5.41) is 8.92.